The molecule has 1 amide bonds. The third-order valence-electron chi connectivity index (χ3n) is 6.62. The fraction of sp³-hybridized carbons (Fsp3) is 0.385. The van der Waals surface area contributed by atoms with Gasteiger partial charge in [-0.15, -0.1) is 0 Å². The van der Waals surface area contributed by atoms with E-state index in [2.05, 4.69) is 11.8 Å². The molecule has 0 saturated carbocycles. The van der Waals surface area contributed by atoms with Gasteiger partial charge in [0.1, 0.15) is 6.61 Å². The summed E-state index contributed by atoms with van der Waals surface area (Å²) in [7, 11) is 3.61. The second kappa shape index (κ2) is 9.14. The molecule has 9 heteroatoms. The second-order valence-corrected chi connectivity index (χ2v) is 9.14. The molecule has 1 aromatic carbocycles. The van der Waals surface area contributed by atoms with E-state index < -0.39 is 18.2 Å². The van der Waals surface area contributed by atoms with Crippen LogP contribution in [0.2, 0.25) is 0 Å². The molecular weight excluding hydrogens is 448 g/mol. The summed E-state index contributed by atoms with van der Waals surface area (Å²) in [5.41, 5.74) is 3.49. The number of rotatable bonds is 6. The monoisotopic (exact) mass is 476 g/mol. The van der Waals surface area contributed by atoms with Gasteiger partial charge in [-0.25, -0.2) is 14.6 Å². The summed E-state index contributed by atoms with van der Waals surface area (Å²) in [6.07, 6.45) is -0.928. The van der Waals surface area contributed by atoms with Gasteiger partial charge < -0.3 is 23.8 Å². The smallest absolute Gasteiger partial charge is 0.410 e. The van der Waals surface area contributed by atoms with Crippen LogP contribution in [0.15, 0.2) is 41.2 Å². The highest BCUT2D eigenvalue weighted by molar-refractivity contribution is 5.85. The summed E-state index contributed by atoms with van der Waals surface area (Å²) in [6, 6.07) is 11.6. The number of ether oxygens (including phenoxy) is 2. The molecule has 2 aliphatic rings. The van der Waals surface area contributed by atoms with Gasteiger partial charge in [0.15, 0.2) is 0 Å². The van der Waals surface area contributed by atoms with Crippen molar-refractivity contribution in [2.24, 2.45) is 0 Å². The Morgan fingerprint density at radius 3 is 2.77 bits per heavy atom. The number of pyridine rings is 2. The van der Waals surface area contributed by atoms with Crippen LogP contribution in [0.25, 0.3) is 22.3 Å². The standard InChI is InChI=1S/C26H28N4O5/c1-4-9-28(2)10-11-29(3)26(33)35-23-18-13-21-22-17(12-16-7-5-6-8-20(16)27-22)14-30(21)24(31)19(18)15-34-25(23)32/h5-8,12-13,23H,4,9-11,14-15H2,1-3H3. The molecule has 0 aliphatic carbocycles. The Bertz CT molecular complexity index is 1380. The Balaban J connectivity index is 1.46. The Kier molecular flexibility index (Phi) is 6.02. The van der Waals surface area contributed by atoms with Crippen LogP contribution in [-0.2, 0) is 27.4 Å². The maximum Gasteiger partial charge on any atom is 0.410 e. The lowest BCUT2D eigenvalue weighted by Gasteiger charge is -2.27. The van der Waals surface area contributed by atoms with Crippen molar-refractivity contribution in [3.05, 3.63) is 63.4 Å². The van der Waals surface area contributed by atoms with Gasteiger partial charge in [0, 0.05) is 36.7 Å². The van der Waals surface area contributed by atoms with Gasteiger partial charge in [-0.05, 0) is 38.2 Å². The lowest BCUT2D eigenvalue weighted by atomic mass is 10.00. The quantitative estimate of drug-likeness (QED) is 0.395. The van der Waals surface area contributed by atoms with Gasteiger partial charge in [0.25, 0.3) is 5.56 Å². The van der Waals surface area contributed by atoms with Gasteiger partial charge in [0.05, 0.1) is 29.0 Å². The van der Waals surface area contributed by atoms with E-state index in [1.165, 1.54) is 4.90 Å². The highest BCUT2D eigenvalue weighted by atomic mass is 16.6. The Morgan fingerprint density at radius 2 is 1.97 bits per heavy atom. The number of para-hydroxylation sites is 1. The van der Waals surface area contributed by atoms with Crippen molar-refractivity contribution in [3.63, 3.8) is 0 Å². The predicted octanol–water partition coefficient (Wildman–Crippen LogP) is 2.93. The first-order chi connectivity index (χ1) is 16.9. The molecule has 1 atom stereocenters. The molecule has 4 heterocycles. The number of benzene rings is 1. The normalized spacial score (nSPS) is 16.0. The number of fused-ring (bicyclic) bond motifs is 5. The van der Waals surface area contributed by atoms with Crippen LogP contribution in [0.3, 0.4) is 0 Å². The average Bonchev–Trinajstić information content (AvgIpc) is 3.20. The van der Waals surface area contributed by atoms with Crippen LogP contribution in [0, 0.1) is 0 Å². The zero-order valence-corrected chi connectivity index (χ0v) is 20.1. The number of carbonyl (C=O) groups excluding carboxylic acids is 2. The summed E-state index contributed by atoms with van der Waals surface area (Å²) in [4.78, 5) is 47.1. The van der Waals surface area contributed by atoms with E-state index in [0.717, 1.165) is 29.4 Å². The molecule has 1 unspecified atom stereocenters. The van der Waals surface area contributed by atoms with Crippen molar-refractivity contribution < 1.29 is 19.1 Å². The lowest BCUT2D eigenvalue weighted by molar-refractivity contribution is -0.158. The van der Waals surface area contributed by atoms with E-state index in [9.17, 15) is 14.4 Å². The zero-order valence-electron chi connectivity index (χ0n) is 20.1. The van der Waals surface area contributed by atoms with E-state index in [1.54, 1.807) is 17.7 Å². The van der Waals surface area contributed by atoms with Gasteiger partial charge in [-0.3, -0.25) is 4.79 Å². The fourth-order valence-corrected chi connectivity index (χ4v) is 4.67. The molecule has 5 rings (SSSR count). The van der Waals surface area contributed by atoms with Crippen LogP contribution in [0.1, 0.15) is 36.1 Å². The second-order valence-electron chi connectivity index (χ2n) is 9.14. The zero-order chi connectivity index (χ0) is 24.7. The van der Waals surface area contributed by atoms with E-state index in [1.807, 2.05) is 37.4 Å². The van der Waals surface area contributed by atoms with Gasteiger partial charge in [-0.2, -0.15) is 0 Å². The minimum Gasteiger partial charge on any atom is -0.458 e. The highest BCUT2D eigenvalue weighted by Gasteiger charge is 2.38. The van der Waals surface area contributed by atoms with Gasteiger partial charge in [0.2, 0.25) is 6.10 Å². The van der Waals surface area contributed by atoms with Gasteiger partial charge in [-0.1, -0.05) is 25.1 Å². The van der Waals surface area contributed by atoms with Crippen molar-refractivity contribution in [1.82, 2.24) is 19.4 Å². The van der Waals surface area contributed by atoms with E-state index in [0.29, 0.717) is 42.1 Å². The largest absolute Gasteiger partial charge is 0.458 e. The molecule has 0 spiro atoms. The summed E-state index contributed by atoms with van der Waals surface area (Å²) in [6.45, 7) is 4.38. The number of cyclic esters (lactones) is 1. The summed E-state index contributed by atoms with van der Waals surface area (Å²) in [5.74, 6) is -0.684. The van der Waals surface area contributed by atoms with E-state index in [4.69, 9.17) is 14.5 Å². The number of nitrogens with zero attached hydrogens (tertiary/aromatic N) is 4. The number of hydrogen-bond donors (Lipinski definition) is 0. The van der Waals surface area contributed by atoms with E-state index in [-0.39, 0.29) is 12.2 Å². The molecule has 182 valence electrons. The van der Waals surface area contributed by atoms with Crippen LogP contribution in [0.4, 0.5) is 4.79 Å². The first-order valence-corrected chi connectivity index (χ1v) is 11.8. The molecule has 3 aromatic rings. The summed E-state index contributed by atoms with van der Waals surface area (Å²) in [5, 5.41) is 0.995. The Morgan fingerprint density at radius 1 is 1.17 bits per heavy atom. The maximum absolute atomic E-state index is 13.4. The topological polar surface area (TPSA) is 94.0 Å². The Labute approximate surface area is 202 Å². The molecule has 0 radical (unpaired) electrons. The SMILES string of the molecule is CCCN(C)CCN(C)C(=O)OC1C(=O)OCc2c1cc1n(c2=O)Cc2cc3ccccc3nc2-1. The number of carbonyl (C=O) groups is 2. The first-order valence-electron chi connectivity index (χ1n) is 11.8. The molecule has 0 saturated heterocycles. The number of hydrogen-bond acceptors (Lipinski definition) is 7. The van der Waals surface area contributed by atoms with Crippen molar-refractivity contribution in [2.75, 3.05) is 33.7 Å². The minimum absolute atomic E-state index is 0.148. The molecule has 9 nitrogen and oxygen atoms in total. The van der Waals surface area contributed by atoms with Crippen molar-refractivity contribution >= 4 is 23.0 Å². The molecule has 35 heavy (non-hydrogen) atoms. The minimum atomic E-state index is -1.30. The van der Waals surface area contributed by atoms with Crippen LogP contribution >= 0.6 is 0 Å². The lowest BCUT2D eigenvalue weighted by Crippen LogP contribution is -2.39. The van der Waals surface area contributed by atoms with Gasteiger partial charge >= 0.3 is 12.1 Å². The number of aromatic nitrogens is 2. The van der Waals surface area contributed by atoms with Crippen molar-refractivity contribution in [3.8, 4) is 11.4 Å². The number of likely N-dealkylation sites (N-methyl/N-ethyl adjacent to an activating group) is 2. The molecule has 2 aliphatic heterocycles. The number of amides is 1. The molecular formula is C26H28N4O5. The highest BCUT2D eigenvalue weighted by Crippen LogP contribution is 2.36. The molecule has 0 fully saturated rings. The summed E-state index contributed by atoms with van der Waals surface area (Å²) < 4.78 is 12.5. The van der Waals surface area contributed by atoms with Crippen LogP contribution in [0.5, 0.6) is 0 Å². The molecule has 0 N–H and O–H groups in total. The van der Waals surface area contributed by atoms with Crippen molar-refractivity contribution in [2.45, 2.75) is 32.6 Å². The molecule has 2 aromatic heterocycles. The maximum atomic E-state index is 13.4. The van der Waals surface area contributed by atoms with Crippen LogP contribution < -0.4 is 5.56 Å². The first kappa shape index (κ1) is 23.0. The average molecular weight is 477 g/mol. The van der Waals surface area contributed by atoms with Crippen molar-refractivity contribution in [1.29, 1.82) is 0 Å². The third kappa shape index (κ3) is 4.16. The van der Waals surface area contributed by atoms with Crippen LogP contribution in [-0.4, -0.2) is 65.1 Å². The fourth-order valence-electron chi connectivity index (χ4n) is 4.67. The number of esters is 1. The Hall–Kier alpha value is -3.72. The van der Waals surface area contributed by atoms with E-state index >= 15 is 0 Å². The predicted molar refractivity (Wildman–Crippen MR) is 130 cm³/mol. The third-order valence-corrected chi connectivity index (χ3v) is 6.62. The summed E-state index contributed by atoms with van der Waals surface area (Å²) >= 11 is 0. The molecule has 0 bridgehead atoms.